The van der Waals surface area contributed by atoms with Gasteiger partial charge in [-0.05, 0) is 13.3 Å². The summed E-state index contributed by atoms with van der Waals surface area (Å²) in [6.45, 7) is 3.03. The molecule has 1 aliphatic rings. The zero-order valence-electron chi connectivity index (χ0n) is 10.3. The number of hydrogen-bond donors (Lipinski definition) is 0. The first kappa shape index (κ1) is 13.5. The predicted molar refractivity (Wildman–Crippen MR) is 70.2 cm³/mol. The first-order valence-electron chi connectivity index (χ1n) is 5.74. The van der Waals surface area contributed by atoms with E-state index in [0.717, 1.165) is 18.2 Å². The molecule has 1 aliphatic heterocycles. The number of nitrogens with zero attached hydrogens (tertiary/aromatic N) is 3. The minimum atomic E-state index is -0.596. The molecule has 100 valence electrons. The van der Waals surface area contributed by atoms with E-state index in [-0.39, 0.29) is 22.3 Å². The molecule has 1 amide bonds. The number of hydrogen-bond acceptors (Lipinski definition) is 4. The third kappa shape index (κ3) is 2.90. The molecule has 0 unspecified atom stereocenters. The lowest BCUT2D eigenvalue weighted by atomic mass is 10.1. The maximum Gasteiger partial charge on any atom is 0.288 e. The van der Waals surface area contributed by atoms with Crippen LogP contribution in [0.15, 0.2) is 23.9 Å². The van der Waals surface area contributed by atoms with E-state index in [1.165, 1.54) is 6.07 Å². The van der Waals surface area contributed by atoms with Crippen LogP contribution in [0.3, 0.4) is 0 Å². The van der Waals surface area contributed by atoms with Crippen molar-refractivity contribution >= 4 is 23.2 Å². The highest BCUT2D eigenvalue weighted by Crippen LogP contribution is 2.22. The van der Waals surface area contributed by atoms with Crippen LogP contribution < -0.4 is 0 Å². The van der Waals surface area contributed by atoms with E-state index in [1.807, 2.05) is 6.92 Å². The molecule has 1 aromatic heterocycles. The molecular formula is C12H12ClN3O3. The van der Waals surface area contributed by atoms with Crippen LogP contribution >= 0.6 is 11.6 Å². The second-order valence-corrected chi connectivity index (χ2v) is 4.71. The van der Waals surface area contributed by atoms with E-state index in [0.29, 0.717) is 13.1 Å². The van der Waals surface area contributed by atoms with E-state index in [9.17, 15) is 14.9 Å². The van der Waals surface area contributed by atoms with Crippen molar-refractivity contribution in [2.75, 3.05) is 13.1 Å². The van der Waals surface area contributed by atoms with Crippen LogP contribution in [0.4, 0.5) is 5.69 Å². The number of aromatic nitrogens is 1. The van der Waals surface area contributed by atoms with Gasteiger partial charge in [-0.2, -0.15) is 0 Å². The summed E-state index contributed by atoms with van der Waals surface area (Å²) in [4.78, 5) is 27.7. The lowest BCUT2D eigenvalue weighted by molar-refractivity contribution is -0.385. The van der Waals surface area contributed by atoms with Crippen molar-refractivity contribution in [3.63, 3.8) is 0 Å². The van der Waals surface area contributed by atoms with Crippen LogP contribution in [-0.4, -0.2) is 33.8 Å². The van der Waals surface area contributed by atoms with E-state index >= 15 is 0 Å². The fourth-order valence-electron chi connectivity index (χ4n) is 1.94. The molecule has 2 rings (SSSR count). The number of carbonyl (C=O) groups is 1. The first-order chi connectivity index (χ1) is 8.99. The maximum absolute atomic E-state index is 12.3. The van der Waals surface area contributed by atoms with E-state index in [2.05, 4.69) is 11.1 Å². The Balaban J connectivity index is 2.30. The molecule has 6 nitrogen and oxygen atoms in total. The molecule has 0 spiro atoms. The zero-order valence-corrected chi connectivity index (χ0v) is 11.1. The fraction of sp³-hybridized carbons (Fsp3) is 0.333. The summed E-state index contributed by atoms with van der Waals surface area (Å²) in [6, 6.07) is 1.17. The highest BCUT2D eigenvalue weighted by molar-refractivity contribution is 6.32. The number of carbonyl (C=O) groups excluding carboxylic acids is 1. The molecular weight excluding hydrogens is 270 g/mol. The smallest absolute Gasteiger partial charge is 0.288 e. The molecule has 19 heavy (non-hydrogen) atoms. The van der Waals surface area contributed by atoms with Crippen LogP contribution in [0.25, 0.3) is 0 Å². The summed E-state index contributed by atoms with van der Waals surface area (Å²) < 4.78 is 0. The Hall–Kier alpha value is -1.95. The molecule has 0 radical (unpaired) electrons. The molecule has 2 heterocycles. The van der Waals surface area contributed by atoms with Crippen molar-refractivity contribution in [1.82, 2.24) is 9.88 Å². The van der Waals surface area contributed by atoms with Crippen LogP contribution in [0.1, 0.15) is 23.7 Å². The summed E-state index contributed by atoms with van der Waals surface area (Å²) in [5.41, 5.74) is 0.928. The molecule has 1 aromatic rings. The number of halogens is 1. The predicted octanol–water partition coefficient (Wildman–Crippen LogP) is 2.44. The largest absolute Gasteiger partial charge is 0.334 e. The molecule has 0 N–H and O–H groups in total. The Morgan fingerprint density at radius 1 is 1.58 bits per heavy atom. The molecule has 0 saturated heterocycles. The topological polar surface area (TPSA) is 76.3 Å². The van der Waals surface area contributed by atoms with Gasteiger partial charge in [0.25, 0.3) is 11.6 Å². The summed E-state index contributed by atoms with van der Waals surface area (Å²) in [5.74, 6) is -0.325. The standard InChI is InChI=1S/C12H12ClN3O3/c1-8-3-2-4-15(7-8)12(17)10-5-9(16(18)19)6-14-11(10)13/h3,5-6H,2,4,7H2,1H3. The molecule has 0 bridgehead atoms. The summed E-state index contributed by atoms with van der Waals surface area (Å²) >= 11 is 5.86. The Kier molecular flexibility index (Phi) is 3.80. The quantitative estimate of drug-likeness (QED) is 0.361. The van der Waals surface area contributed by atoms with Gasteiger partial charge in [0, 0.05) is 19.2 Å². The monoisotopic (exact) mass is 281 g/mol. The number of rotatable bonds is 2. The lowest BCUT2D eigenvalue weighted by Crippen LogP contribution is -2.35. The molecule has 0 fully saturated rings. The maximum atomic E-state index is 12.3. The molecule has 0 aromatic carbocycles. The van der Waals surface area contributed by atoms with Crippen molar-refractivity contribution in [2.45, 2.75) is 13.3 Å². The number of amides is 1. The average molecular weight is 282 g/mol. The molecule has 0 aliphatic carbocycles. The number of pyridine rings is 1. The van der Waals surface area contributed by atoms with Gasteiger partial charge in [-0.15, -0.1) is 0 Å². The van der Waals surface area contributed by atoms with Crippen LogP contribution in [0.2, 0.25) is 5.15 Å². The lowest BCUT2D eigenvalue weighted by Gasteiger charge is -2.26. The van der Waals surface area contributed by atoms with E-state index < -0.39 is 4.92 Å². The third-order valence-electron chi connectivity index (χ3n) is 2.89. The highest BCUT2D eigenvalue weighted by Gasteiger charge is 2.23. The van der Waals surface area contributed by atoms with Gasteiger partial charge in [0.05, 0.1) is 10.5 Å². The van der Waals surface area contributed by atoms with Crippen LogP contribution in [0.5, 0.6) is 0 Å². The highest BCUT2D eigenvalue weighted by atomic mass is 35.5. The second-order valence-electron chi connectivity index (χ2n) is 4.35. The molecule has 0 atom stereocenters. The van der Waals surface area contributed by atoms with E-state index in [4.69, 9.17) is 11.6 Å². The van der Waals surface area contributed by atoms with Gasteiger partial charge in [-0.1, -0.05) is 23.3 Å². The summed E-state index contributed by atoms with van der Waals surface area (Å²) in [6.07, 6.45) is 3.88. The van der Waals surface area contributed by atoms with Gasteiger partial charge in [0.1, 0.15) is 11.3 Å². The minimum Gasteiger partial charge on any atom is -0.334 e. The van der Waals surface area contributed by atoms with Gasteiger partial charge >= 0.3 is 0 Å². The van der Waals surface area contributed by atoms with Crippen LogP contribution in [-0.2, 0) is 0 Å². The fourth-order valence-corrected chi connectivity index (χ4v) is 2.13. The second kappa shape index (κ2) is 5.36. The Morgan fingerprint density at radius 2 is 2.32 bits per heavy atom. The molecule has 7 heteroatoms. The van der Waals surface area contributed by atoms with Gasteiger partial charge in [0.2, 0.25) is 0 Å². The minimum absolute atomic E-state index is 0.0113. The van der Waals surface area contributed by atoms with Gasteiger partial charge in [-0.3, -0.25) is 14.9 Å². The number of nitro groups is 1. The SMILES string of the molecule is CC1=CCCN(C(=O)c2cc([N+](=O)[O-])cnc2Cl)C1. The normalized spacial score (nSPS) is 15.1. The van der Waals surface area contributed by atoms with Gasteiger partial charge in [0.15, 0.2) is 0 Å². The van der Waals surface area contributed by atoms with Gasteiger partial charge < -0.3 is 4.90 Å². The zero-order chi connectivity index (χ0) is 14.0. The van der Waals surface area contributed by atoms with Crippen molar-refractivity contribution in [3.8, 4) is 0 Å². The Morgan fingerprint density at radius 3 is 2.95 bits per heavy atom. The van der Waals surface area contributed by atoms with Gasteiger partial charge in [-0.25, -0.2) is 4.98 Å². The van der Waals surface area contributed by atoms with E-state index in [1.54, 1.807) is 4.90 Å². The first-order valence-corrected chi connectivity index (χ1v) is 6.11. The third-order valence-corrected chi connectivity index (χ3v) is 3.19. The van der Waals surface area contributed by atoms with Crippen molar-refractivity contribution in [1.29, 1.82) is 0 Å². The Labute approximate surface area is 114 Å². The van der Waals surface area contributed by atoms with Crippen molar-refractivity contribution in [3.05, 3.63) is 44.7 Å². The summed E-state index contributed by atoms with van der Waals surface area (Å²) in [5, 5.41) is 10.7. The Bertz CT molecular complexity index is 571. The van der Waals surface area contributed by atoms with Crippen LogP contribution in [0, 0.1) is 10.1 Å². The molecule has 0 saturated carbocycles. The van der Waals surface area contributed by atoms with Crippen molar-refractivity contribution in [2.24, 2.45) is 0 Å². The summed E-state index contributed by atoms with van der Waals surface area (Å²) in [7, 11) is 0. The average Bonchev–Trinajstić information content (AvgIpc) is 2.38. The van der Waals surface area contributed by atoms with Crippen molar-refractivity contribution < 1.29 is 9.72 Å².